The quantitative estimate of drug-likeness (QED) is 0.398. The van der Waals surface area contributed by atoms with E-state index in [1.165, 1.54) is 24.1 Å². The van der Waals surface area contributed by atoms with Gasteiger partial charge in [-0.3, -0.25) is 4.79 Å². The second kappa shape index (κ2) is 12.0. The number of amides is 2. The van der Waals surface area contributed by atoms with Gasteiger partial charge in [0.25, 0.3) is 0 Å². The lowest BCUT2D eigenvalue weighted by molar-refractivity contribution is -0.141. The second-order valence-corrected chi connectivity index (χ2v) is 8.06. The van der Waals surface area contributed by atoms with E-state index < -0.39 is 27.9 Å². The standard InChI is InChI=1S/C21H25FN2O7S/c1-3-30-20(25)14-23-21(26)24(11-12-29-2)15-16-5-4-6-18(13-16)31-32(27,28)19-9-7-17(22)8-10-19/h4-10,13H,3,11-12,14-15H2,1-2H3,(H,23,26). The van der Waals surface area contributed by atoms with Crippen molar-refractivity contribution in [2.75, 3.05) is 33.4 Å². The molecule has 0 aromatic heterocycles. The number of esters is 1. The molecule has 2 aromatic rings. The van der Waals surface area contributed by atoms with Crippen LogP contribution in [0.1, 0.15) is 12.5 Å². The lowest BCUT2D eigenvalue weighted by atomic mass is 10.2. The van der Waals surface area contributed by atoms with Crippen molar-refractivity contribution in [3.63, 3.8) is 0 Å². The van der Waals surface area contributed by atoms with Crippen LogP contribution < -0.4 is 9.50 Å². The Morgan fingerprint density at radius 3 is 2.50 bits per heavy atom. The Kier molecular flexibility index (Phi) is 9.41. The first kappa shape index (κ1) is 25.1. The van der Waals surface area contributed by atoms with E-state index in [1.54, 1.807) is 19.1 Å². The molecule has 0 atom stereocenters. The molecule has 0 bridgehead atoms. The molecule has 0 aliphatic carbocycles. The number of nitrogens with one attached hydrogen (secondary N) is 1. The van der Waals surface area contributed by atoms with Gasteiger partial charge in [0.2, 0.25) is 0 Å². The smallest absolute Gasteiger partial charge is 0.339 e. The number of rotatable bonds is 11. The topological polar surface area (TPSA) is 111 Å². The number of carbonyl (C=O) groups excluding carboxylic acids is 2. The maximum Gasteiger partial charge on any atom is 0.339 e. The number of hydrogen-bond acceptors (Lipinski definition) is 7. The van der Waals surface area contributed by atoms with Crippen molar-refractivity contribution in [3.8, 4) is 5.75 Å². The van der Waals surface area contributed by atoms with Gasteiger partial charge in [-0.1, -0.05) is 12.1 Å². The molecule has 32 heavy (non-hydrogen) atoms. The molecule has 174 valence electrons. The normalized spacial score (nSPS) is 11.0. The van der Waals surface area contributed by atoms with E-state index in [1.807, 2.05) is 0 Å². The maximum atomic E-state index is 13.1. The van der Waals surface area contributed by atoms with Gasteiger partial charge in [0.1, 0.15) is 23.0 Å². The van der Waals surface area contributed by atoms with Crippen LogP contribution in [0.15, 0.2) is 53.4 Å². The predicted molar refractivity (Wildman–Crippen MR) is 113 cm³/mol. The second-order valence-electron chi connectivity index (χ2n) is 6.52. The van der Waals surface area contributed by atoms with E-state index >= 15 is 0 Å². The van der Waals surface area contributed by atoms with Crippen molar-refractivity contribution in [1.82, 2.24) is 10.2 Å². The average Bonchev–Trinajstić information content (AvgIpc) is 2.75. The van der Waals surface area contributed by atoms with Crippen LogP contribution >= 0.6 is 0 Å². The largest absolute Gasteiger partial charge is 0.465 e. The van der Waals surface area contributed by atoms with Crippen molar-refractivity contribution in [2.45, 2.75) is 18.4 Å². The minimum atomic E-state index is -4.16. The molecule has 11 heteroatoms. The predicted octanol–water partition coefficient (Wildman–Crippen LogP) is 2.31. The highest BCUT2D eigenvalue weighted by atomic mass is 32.2. The number of ether oxygens (including phenoxy) is 2. The Balaban J connectivity index is 2.10. The van der Waals surface area contributed by atoms with Gasteiger partial charge in [0, 0.05) is 20.2 Å². The van der Waals surface area contributed by atoms with E-state index in [4.69, 9.17) is 13.7 Å². The number of halogens is 1. The summed E-state index contributed by atoms with van der Waals surface area (Å²) in [6.45, 7) is 2.17. The van der Waals surface area contributed by atoms with Crippen molar-refractivity contribution in [2.24, 2.45) is 0 Å². The summed E-state index contributed by atoms with van der Waals surface area (Å²) in [5, 5.41) is 2.47. The van der Waals surface area contributed by atoms with Gasteiger partial charge in [-0.05, 0) is 48.9 Å². The molecule has 0 unspecified atom stereocenters. The first-order chi connectivity index (χ1) is 15.2. The van der Waals surface area contributed by atoms with Crippen LogP contribution in [0.3, 0.4) is 0 Å². The molecule has 2 amide bonds. The minimum absolute atomic E-state index is 0.0328. The Labute approximate surface area is 186 Å². The molecule has 0 aliphatic heterocycles. The van der Waals surface area contributed by atoms with Gasteiger partial charge >= 0.3 is 22.1 Å². The van der Waals surface area contributed by atoms with E-state index in [-0.39, 0.29) is 43.5 Å². The highest BCUT2D eigenvalue weighted by Gasteiger charge is 2.19. The lowest BCUT2D eigenvalue weighted by Gasteiger charge is -2.23. The van der Waals surface area contributed by atoms with Crippen LogP contribution in [0.2, 0.25) is 0 Å². The number of benzene rings is 2. The highest BCUT2D eigenvalue weighted by Crippen LogP contribution is 2.21. The summed E-state index contributed by atoms with van der Waals surface area (Å²) >= 11 is 0. The molecule has 1 N–H and O–H groups in total. The molecule has 0 heterocycles. The van der Waals surface area contributed by atoms with Crippen molar-refractivity contribution >= 4 is 22.1 Å². The Morgan fingerprint density at radius 2 is 1.84 bits per heavy atom. The fraction of sp³-hybridized carbons (Fsp3) is 0.333. The van der Waals surface area contributed by atoms with E-state index in [0.717, 1.165) is 24.3 Å². The zero-order chi connectivity index (χ0) is 23.6. The number of hydrogen-bond donors (Lipinski definition) is 1. The summed E-state index contributed by atoms with van der Waals surface area (Å²) < 4.78 is 52.9. The third kappa shape index (κ3) is 7.82. The van der Waals surface area contributed by atoms with Gasteiger partial charge in [-0.25, -0.2) is 9.18 Å². The summed E-state index contributed by atoms with van der Waals surface area (Å²) in [4.78, 5) is 25.2. The number of carbonyl (C=O) groups is 2. The molecule has 2 rings (SSSR count). The Morgan fingerprint density at radius 1 is 1.12 bits per heavy atom. The third-order valence-corrected chi connectivity index (χ3v) is 5.38. The van der Waals surface area contributed by atoms with E-state index in [0.29, 0.717) is 5.56 Å². The summed E-state index contributed by atoms with van der Waals surface area (Å²) in [6, 6.07) is 9.94. The lowest BCUT2D eigenvalue weighted by Crippen LogP contribution is -2.43. The fourth-order valence-corrected chi connectivity index (χ4v) is 3.54. The summed E-state index contributed by atoms with van der Waals surface area (Å²) in [6.07, 6.45) is 0. The zero-order valence-corrected chi connectivity index (χ0v) is 18.6. The van der Waals surface area contributed by atoms with Gasteiger partial charge in [0.05, 0.1) is 13.2 Å². The Hall–Kier alpha value is -3.18. The van der Waals surface area contributed by atoms with Crippen LogP contribution in [0, 0.1) is 5.82 Å². The van der Waals surface area contributed by atoms with Crippen molar-refractivity contribution < 1.29 is 36.1 Å². The van der Waals surface area contributed by atoms with Gasteiger partial charge in [-0.2, -0.15) is 8.42 Å². The molecule has 0 saturated carbocycles. The number of urea groups is 1. The number of methoxy groups -OCH3 is 1. The molecule has 0 radical (unpaired) electrons. The van der Waals surface area contributed by atoms with Crippen LogP contribution in [0.4, 0.5) is 9.18 Å². The summed E-state index contributed by atoms with van der Waals surface area (Å²) in [5.74, 6) is -1.09. The monoisotopic (exact) mass is 468 g/mol. The van der Waals surface area contributed by atoms with Crippen LogP contribution in [-0.2, 0) is 30.9 Å². The third-order valence-electron chi connectivity index (χ3n) is 4.12. The molecule has 9 nitrogen and oxygen atoms in total. The molecule has 0 saturated heterocycles. The van der Waals surface area contributed by atoms with E-state index in [9.17, 15) is 22.4 Å². The van der Waals surface area contributed by atoms with Gasteiger partial charge in [-0.15, -0.1) is 0 Å². The Bertz CT molecular complexity index is 1010. The maximum absolute atomic E-state index is 13.1. The molecular weight excluding hydrogens is 443 g/mol. The average molecular weight is 469 g/mol. The molecule has 0 fully saturated rings. The van der Waals surface area contributed by atoms with Crippen LogP contribution in [0.5, 0.6) is 5.75 Å². The molecule has 0 aliphatic rings. The SMILES string of the molecule is CCOC(=O)CNC(=O)N(CCOC)Cc1cccc(OS(=O)(=O)c2ccc(F)cc2)c1. The van der Waals surface area contributed by atoms with Gasteiger partial charge in [0.15, 0.2) is 0 Å². The number of nitrogens with zero attached hydrogens (tertiary/aromatic N) is 1. The van der Waals surface area contributed by atoms with Crippen molar-refractivity contribution in [1.29, 1.82) is 0 Å². The molecule has 2 aromatic carbocycles. The first-order valence-electron chi connectivity index (χ1n) is 9.71. The minimum Gasteiger partial charge on any atom is -0.465 e. The van der Waals surface area contributed by atoms with E-state index in [2.05, 4.69) is 5.32 Å². The zero-order valence-electron chi connectivity index (χ0n) is 17.7. The van der Waals surface area contributed by atoms with Crippen molar-refractivity contribution in [3.05, 3.63) is 59.9 Å². The van der Waals surface area contributed by atoms with Crippen LogP contribution in [0.25, 0.3) is 0 Å². The molecule has 0 spiro atoms. The van der Waals surface area contributed by atoms with Crippen LogP contribution in [-0.4, -0.2) is 58.7 Å². The van der Waals surface area contributed by atoms with Gasteiger partial charge < -0.3 is 23.9 Å². The fourth-order valence-electron chi connectivity index (χ4n) is 2.62. The highest BCUT2D eigenvalue weighted by molar-refractivity contribution is 7.87. The molecular formula is C21H25FN2O7S. The first-order valence-corrected chi connectivity index (χ1v) is 11.1. The summed E-state index contributed by atoms with van der Waals surface area (Å²) in [5.41, 5.74) is 0.583. The summed E-state index contributed by atoms with van der Waals surface area (Å²) in [7, 11) is -2.67.